The first-order chi connectivity index (χ1) is 14.5. The number of β-lactam (4-membered cyclic amide) rings is 1. The van der Waals surface area contributed by atoms with E-state index >= 15 is 0 Å². The molecule has 0 aliphatic carbocycles. The second kappa shape index (κ2) is 8.53. The van der Waals surface area contributed by atoms with Crippen LogP contribution in [0.25, 0.3) is 0 Å². The van der Waals surface area contributed by atoms with Gasteiger partial charge >= 0.3 is 47.6 Å². The van der Waals surface area contributed by atoms with E-state index in [4.69, 9.17) is 10.5 Å². The van der Waals surface area contributed by atoms with Gasteiger partial charge in [0.15, 0.2) is 5.70 Å². The van der Waals surface area contributed by atoms with Gasteiger partial charge in [0.05, 0.1) is 12.3 Å². The average Bonchev–Trinajstić information content (AvgIpc) is 3.25. The molecule has 0 saturated carbocycles. The summed E-state index contributed by atoms with van der Waals surface area (Å²) in [4.78, 5) is 48.2. The van der Waals surface area contributed by atoms with Crippen molar-refractivity contribution in [3.8, 4) is 0 Å². The summed E-state index contributed by atoms with van der Waals surface area (Å²) in [5.41, 5.74) is 4.55. The Labute approximate surface area is 202 Å². The first-order valence-electron chi connectivity index (χ1n) is 8.52. The van der Waals surface area contributed by atoms with Crippen LogP contribution in [0.4, 0.5) is 13.2 Å². The number of alkyl halides is 3. The predicted molar refractivity (Wildman–Crippen MR) is 96.6 cm³/mol. The van der Waals surface area contributed by atoms with Gasteiger partial charge in [0.1, 0.15) is 30.5 Å². The third-order valence-electron chi connectivity index (χ3n) is 4.85. The van der Waals surface area contributed by atoms with Crippen molar-refractivity contribution in [1.82, 2.24) is 30.0 Å². The number of nitrogens with two attached hydrogens (primary N) is 1. The number of carboxylic acid groups (broad SMARTS) is 1. The van der Waals surface area contributed by atoms with Gasteiger partial charge in [-0.3, -0.25) is 19.3 Å². The van der Waals surface area contributed by atoms with Crippen molar-refractivity contribution in [3.05, 3.63) is 11.5 Å². The molecule has 3 N–H and O–H groups in total. The standard InChI is InChI=1S/C14H12F3N7O6S.Na.H/c15-14(16,17)12(29)22-1-4-7-9(22)10(26)24(7)8(11(27)28)5(30-4)3-31-13-19-20-21-23(13)2-6(18)25;;/h4,7,9H,1-3H2,(H2,18,25)(H,27,28);;/t4-,7-,9+;;/m1../s1. The molecule has 18 heteroatoms. The van der Waals surface area contributed by atoms with Crippen LogP contribution >= 0.6 is 11.8 Å². The van der Waals surface area contributed by atoms with Crippen LogP contribution in [-0.4, -0.2) is 125 Å². The zero-order chi connectivity index (χ0) is 22.7. The van der Waals surface area contributed by atoms with E-state index in [1.54, 1.807) is 0 Å². The number of carboxylic acids is 1. The molecule has 4 heterocycles. The third-order valence-corrected chi connectivity index (χ3v) is 5.80. The fraction of sp³-hybridized carbons (Fsp3) is 0.500. The van der Waals surface area contributed by atoms with Gasteiger partial charge in [0.25, 0.3) is 5.91 Å². The number of hydrogen-bond donors (Lipinski definition) is 2. The number of aliphatic carboxylic acids is 1. The monoisotopic (exact) mass is 487 g/mol. The second-order valence-corrected chi connectivity index (χ2v) is 7.65. The molecule has 3 aliphatic rings. The van der Waals surface area contributed by atoms with Gasteiger partial charge in [-0.25, -0.2) is 9.48 Å². The van der Waals surface area contributed by atoms with E-state index < -0.39 is 60.3 Å². The van der Waals surface area contributed by atoms with Crippen LogP contribution in [0.2, 0.25) is 0 Å². The number of nitrogens with zero attached hydrogens (tertiary/aromatic N) is 6. The Morgan fingerprint density at radius 3 is 2.59 bits per heavy atom. The van der Waals surface area contributed by atoms with E-state index in [0.717, 1.165) is 21.3 Å². The molecule has 2 fully saturated rings. The van der Waals surface area contributed by atoms with Gasteiger partial charge in [-0.05, 0) is 10.4 Å². The van der Waals surface area contributed by atoms with E-state index in [-0.39, 0.29) is 52.8 Å². The Morgan fingerprint density at radius 1 is 1.31 bits per heavy atom. The van der Waals surface area contributed by atoms with E-state index in [1.807, 2.05) is 0 Å². The van der Waals surface area contributed by atoms with Gasteiger partial charge < -0.3 is 20.5 Å². The maximum atomic E-state index is 12.9. The van der Waals surface area contributed by atoms with E-state index in [1.165, 1.54) is 0 Å². The number of likely N-dealkylation sites (tertiary alicyclic amines) is 1. The van der Waals surface area contributed by atoms with Crippen LogP contribution in [0.1, 0.15) is 0 Å². The van der Waals surface area contributed by atoms with Crippen molar-refractivity contribution in [2.45, 2.75) is 36.1 Å². The summed E-state index contributed by atoms with van der Waals surface area (Å²) in [5, 5.41) is 20.3. The first-order valence-corrected chi connectivity index (χ1v) is 9.50. The van der Waals surface area contributed by atoms with Gasteiger partial charge in [0, 0.05) is 0 Å². The van der Waals surface area contributed by atoms with Crippen molar-refractivity contribution in [1.29, 1.82) is 0 Å². The summed E-state index contributed by atoms with van der Waals surface area (Å²) in [6.45, 7) is -0.872. The van der Waals surface area contributed by atoms with Gasteiger partial charge in [-0.15, -0.1) is 5.10 Å². The Kier molecular flexibility index (Phi) is 6.47. The fourth-order valence-corrected chi connectivity index (χ4v) is 4.52. The molecule has 0 aromatic carbocycles. The molecule has 0 unspecified atom stereocenters. The number of ether oxygens (including phenoxy) is 1. The normalized spacial score (nSPS) is 23.8. The number of halogens is 3. The van der Waals surface area contributed by atoms with Crippen LogP contribution in [-0.2, 0) is 30.5 Å². The molecule has 3 atom stereocenters. The van der Waals surface area contributed by atoms with Crippen molar-refractivity contribution >= 4 is 65.0 Å². The molecule has 3 aliphatic heterocycles. The predicted octanol–water partition coefficient (Wildman–Crippen LogP) is -2.72. The zero-order valence-electron chi connectivity index (χ0n) is 15.1. The van der Waals surface area contributed by atoms with Crippen molar-refractivity contribution in [3.63, 3.8) is 0 Å². The number of rotatable bonds is 6. The summed E-state index contributed by atoms with van der Waals surface area (Å²) < 4.78 is 45.3. The molecule has 1 aromatic heterocycles. The number of hydrogen-bond acceptors (Lipinski definition) is 9. The first kappa shape index (κ1) is 24.3. The zero-order valence-corrected chi connectivity index (χ0v) is 16.0. The number of carbonyl (C=O) groups is 4. The van der Waals surface area contributed by atoms with Gasteiger partial charge in [-0.1, -0.05) is 11.8 Å². The average molecular weight is 487 g/mol. The topological polar surface area (TPSA) is 174 Å². The van der Waals surface area contributed by atoms with Crippen molar-refractivity contribution in [2.75, 3.05) is 12.3 Å². The van der Waals surface area contributed by atoms with E-state index in [9.17, 15) is 37.5 Å². The maximum absolute atomic E-state index is 12.9. The summed E-state index contributed by atoms with van der Waals surface area (Å²) in [6, 6.07) is -2.47. The van der Waals surface area contributed by atoms with Crippen LogP contribution in [0, 0.1) is 0 Å². The molecule has 13 nitrogen and oxygen atoms in total. The van der Waals surface area contributed by atoms with Crippen LogP contribution in [0.5, 0.6) is 0 Å². The number of primary amides is 1. The van der Waals surface area contributed by atoms with Gasteiger partial charge in [-0.2, -0.15) is 13.2 Å². The SMILES string of the molecule is NC(=O)Cn1nnnc1SCC1=C(C(=O)O)N2C(=O)[C@@H]3[C@H]2[C@@H](CN3C(=O)C(F)(F)F)O1.[NaH]. The summed E-state index contributed by atoms with van der Waals surface area (Å²) in [7, 11) is 0. The molecule has 0 radical (unpaired) electrons. The summed E-state index contributed by atoms with van der Waals surface area (Å²) >= 11 is 0.864. The molecular weight excluding hydrogens is 474 g/mol. The van der Waals surface area contributed by atoms with Gasteiger partial charge in [0.2, 0.25) is 11.1 Å². The quantitative estimate of drug-likeness (QED) is 0.244. The summed E-state index contributed by atoms with van der Waals surface area (Å²) in [5.74, 6) is -5.81. The van der Waals surface area contributed by atoms with E-state index in [0.29, 0.717) is 4.90 Å². The third kappa shape index (κ3) is 3.93. The molecule has 4 rings (SSSR count). The summed E-state index contributed by atoms with van der Waals surface area (Å²) in [6.07, 6.45) is -6.22. The van der Waals surface area contributed by atoms with Crippen molar-refractivity contribution in [2.24, 2.45) is 5.73 Å². The Morgan fingerprint density at radius 2 is 2.00 bits per heavy atom. The van der Waals surface area contributed by atoms with E-state index in [2.05, 4.69) is 15.5 Å². The van der Waals surface area contributed by atoms with Crippen molar-refractivity contribution < 1.29 is 42.2 Å². The van der Waals surface area contributed by atoms with Crippen LogP contribution in [0.15, 0.2) is 16.6 Å². The second-order valence-electron chi connectivity index (χ2n) is 6.71. The minimum absolute atomic E-state index is 0. The minimum atomic E-state index is -5.19. The molecule has 3 amide bonds. The Hall–Kier alpha value is -2.37. The van der Waals surface area contributed by atoms with Crippen LogP contribution < -0.4 is 5.73 Å². The molecule has 2 saturated heterocycles. The number of tetrazole rings is 1. The number of carbonyl (C=O) groups excluding carboxylic acids is 3. The molecule has 1 aromatic rings. The fourth-order valence-electron chi connectivity index (χ4n) is 3.71. The van der Waals surface area contributed by atoms with Crippen LogP contribution in [0.3, 0.4) is 0 Å². The molecule has 32 heavy (non-hydrogen) atoms. The Bertz CT molecular complexity index is 1030. The Balaban J connectivity index is 0.00000289. The number of amides is 3. The molecule has 0 spiro atoms. The number of thioether (sulfide) groups is 1. The molecular formula is C14H13F3N7NaO6S. The number of aromatic nitrogens is 4. The molecule has 0 bridgehead atoms. The molecule has 168 valence electrons.